The molecule has 1 amide bonds. The van der Waals surface area contributed by atoms with E-state index in [1.54, 1.807) is 24.3 Å². The number of amides is 1. The average molecular weight is 461 g/mol. The van der Waals surface area contributed by atoms with Crippen LogP contribution in [0.4, 0.5) is 4.39 Å². The molecular formula is C17H18BrFN2O3S2. The molecule has 0 aliphatic carbocycles. The van der Waals surface area contributed by atoms with Crippen LogP contribution in [0, 0.1) is 11.7 Å². The van der Waals surface area contributed by atoms with Gasteiger partial charge in [0.15, 0.2) is 0 Å². The highest BCUT2D eigenvalue weighted by Gasteiger charge is 2.33. The first-order valence-electron chi connectivity index (χ1n) is 8.14. The molecule has 0 radical (unpaired) electrons. The average Bonchev–Trinajstić information content (AvgIpc) is 3.08. The number of sulfonamides is 1. The van der Waals surface area contributed by atoms with Crippen molar-refractivity contribution >= 4 is 43.2 Å². The Labute approximate surface area is 164 Å². The second kappa shape index (κ2) is 8.16. The minimum atomic E-state index is -3.58. The lowest BCUT2D eigenvalue weighted by Gasteiger charge is -2.30. The van der Waals surface area contributed by atoms with Crippen LogP contribution in [0.3, 0.4) is 0 Å². The summed E-state index contributed by atoms with van der Waals surface area (Å²) in [7, 11) is -3.58. The van der Waals surface area contributed by atoms with Gasteiger partial charge in [-0.2, -0.15) is 4.31 Å². The molecule has 1 aliphatic heterocycles. The standard InChI is InChI=1S/C17H18BrFN2O3S2/c18-15-7-8-16(25-15)26(23,24)21-9-1-2-13(11-21)17(22)20-10-12-3-5-14(19)6-4-12/h3-8,13H,1-2,9-11H2,(H,20,22)/t13-/m0/s1. The van der Waals surface area contributed by atoms with Crippen LogP contribution in [0.5, 0.6) is 0 Å². The molecule has 0 spiro atoms. The van der Waals surface area contributed by atoms with E-state index in [1.807, 2.05) is 0 Å². The predicted octanol–water partition coefficient (Wildman–Crippen LogP) is 3.37. The minimum Gasteiger partial charge on any atom is -0.352 e. The van der Waals surface area contributed by atoms with E-state index < -0.39 is 10.0 Å². The molecule has 0 unspecified atom stereocenters. The van der Waals surface area contributed by atoms with Gasteiger partial charge in [-0.15, -0.1) is 11.3 Å². The smallest absolute Gasteiger partial charge is 0.252 e. The maximum atomic E-state index is 12.9. The number of halogens is 2. The highest BCUT2D eigenvalue weighted by molar-refractivity contribution is 9.11. The largest absolute Gasteiger partial charge is 0.352 e. The summed E-state index contributed by atoms with van der Waals surface area (Å²) < 4.78 is 40.8. The van der Waals surface area contributed by atoms with Crippen LogP contribution in [0.2, 0.25) is 0 Å². The van der Waals surface area contributed by atoms with Gasteiger partial charge >= 0.3 is 0 Å². The molecule has 1 atom stereocenters. The monoisotopic (exact) mass is 460 g/mol. The Kier molecular flexibility index (Phi) is 6.11. The summed E-state index contributed by atoms with van der Waals surface area (Å²) in [6, 6.07) is 9.19. The van der Waals surface area contributed by atoms with Crippen LogP contribution in [0.25, 0.3) is 0 Å². The normalized spacial score (nSPS) is 18.6. The van der Waals surface area contributed by atoms with Gasteiger partial charge in [-0.25, -0.2) is 12.8 Å². The Bertz CT molecular complexity index is 884. The van der Waals surface area contributed by atoms with E-state index in [9.17, 15) is 17.6 Å². The van der Waals surface area contributed by atoms with Crippen molar-refractivity contribution in [1.29, 1.82) is 0 Å². The van der Waals surface area contributed by atoms with Crippen LogP contribution in [-0.2, 0) is 21.4 Å². The van der Waals surface area contributed by atoms with Crippen molar-refractivity contribution in [2.45, 2.75) is 23.6 Å². The fourth-order valence-electron chi connectivity index (χ4n) is 2.87. The Balaban J connectivity index is 1.62. The van der Waals surface area contributed by atoms with Gasteiger partial charge in [-0.05, 0) is 58.6 Å². The van der Waals surface area contributed by atoms with E-state index >= 15 is 0 Å². The summed E-state index contributed by atoms with van der Waals surface area (Å²) in [5, 5.41) is 2.82. The fraction of sp³-hybridized carbons (Fsp3) is 0.353. The number of rotatable bonds is 5. The van der Waals surface area contributed by atoms with Gasteiger partial charge in [-0.1, -0.05) is 12.1 Å². The zero-order chi connectivity index (χ0) is 18.7. The van der Waals surface area contributed by atoms with Gasteiger partial charge in [0, 0.05) is 19.6 Å². The third kappa shape index (κ3) is 4.51. The molecule has 140 valence electrons. The third-order valence-corrected chi connectivity index (χ3v) is 8.23. The maximum Gasteiger partial charge on any atom is 0.252 e. The highest BCUT2D eigenvalue weighted by atomic mass is 79.9. The number of piperidine rings is 1. The lowest BCUT2D eigenvalue weighted by molar-refractivity contribution is -0.126. The van der Waals surface area contributed by atoms with Gasteiger partial charge in [0.1, 0.15) is 10.0 Å². The third-order valence-electron chi connectivity index (χ3n) is 4.28. The second-order valence-electron chi connectivity index (χ2n) is 6.11. The van der Waals surface area contributed by atoms with E-state index in [1.165, 1.54) is 16.4 Å². The summed E-state index contributed by atoms with van der Waals surface area (Å²) in [4.78, 5) is 12.4. The Morgan fingerprint density at radius 1 is 1.27 bits per heavy atom. The highest BCUT2D eigenvalue weighted by Crippen LogP contribution is 2.30. The molecule has 1 aromatic carbocycles. The first-order valence-corrected chi connectivity index (χ1v) is 11.2. The molecule has 1 fully saturated rings. The van der Waals surface area contributed by atoms with Crippen molar-refractivity contribution < 1.29 is 17.6 Å². The van der Waals surface area contributed by atoms with E-state index in [2.05, 4.69) is 21.2 Å². The summed E-state index contributed by atoms with van der Waals surface area (Å²) in [5.74, 6) is -0.891. The predicted molar refractivity (Wildman–Crippen MR) is 102 cm³/mol. The number of carbonyl (C=O) groups excluding carboxylic acids is 1. The second-order valence-corrected chi connectivity index (χ2v) is 10.7. The molecule has 1 aliphatic rings. The van der Waals surface area contributed by atoms with Crippen LogP contribution in [0.15, 0.2) is 44.4 Å². The summed E-state index contributed by atoms with van der Waals surface area (Å²) in [6.45, 7) is 0.882. The number of hydrogen-bond acceptors (Lipinski definition) is 4. The van der Waals surface area contributed by atoms with Gasteiger partial charge in [0.25, 0.3) is 10.0 Å². The molecule has 1 aromatic heterocycles. The van der Waals surface area contributed by atoms with Gasteiger partial charge in [-0.3, -0.25) is 4.79 Å². The van der Waals surface area contributed by atoms with Crippen molar-refractivity contribution in [1.82, 2.24) is 9.62 Å². The molecular weight excluding hydrogens is 443 g/mol. The lowest BCUT2D eigenvalue weighted by atomic mass is 9.99. The molecule has 0 bridgehead atoms. The Morgan fingerprint density at radius 3 is 2.65 bits per heavy atom. The van der Waals surface area contributed by atoms with E-state index in [0.29, 0.717) is 25.9 Å². The van der Waals surface area contributed by atoms with Crippen molar-refractivity contribution in [3.63, 3.8) is 0 Å². The number of nitrogens with one attached hydrogen (secondary N) is 1. The van der Waals surface area contributed by atoms with E-state index in [-0.39, 0.29) is 28.4 Å². The molecule has 1 saturated heterocycles. The van der Waals surface area contributed by atoms with Gasteiger partial charge < -0.3 is 5.32 Å². The molecule has 9 heteroatoms. The van der Waals surface area contributed by atoms with Gasteiger partial charge in [0.05, 0.1) is 9.70 Å². The quantitative estimate of drug-likeness (QED) is 0.743. The zero-order valence-electron chi connectivity index (χ0n) is 13.8. The first kappa shape index (κ1) is 19.5. The lowest BCUT2D eigenvalue weighted by Crippen LogP contribution is -2.45. The van der Waals surface area contributed by atoms with Crippen molar-refractivity contribution in [2.75, 3.05) is 13.1 Å². The van der Waals surface area contributed by atoms with Crippen LogP contribution >= 0.6 is 27.3 Å². The molecule has 1 N–H and O–H groups in total. The summed E-state index contributed by atoms with van der Waals surface area (Å²) in [5.41, 5.74) is 0.795. The number of thiophene rings is 1. The zero-order valence-corrected chi connectivity index (χ0v) is 17.0. The number of nitrogens with zero attached hydrogens (tertiary/aromatic N) is 1. The van der Waals surface area contributed by atoms with E-state index in [0.717, 1.165) is 20.7 Å². The first-order chi connectivity index (χ1) is 12.4. The van der Waals surface area contributed by atoms with E-state index in [4.69, 9.17) is 0 Å². The van der Waals surface area contributed by atoms with Crippen molar-refractivity contribution in [2.24, 2.45) is 5.92 Å². The van der Waals surface area contributed by atoms with Crippen molar-refractivity contribution in [3.8, 4) is 0 Å². The topological polar surface area (TPSA) is 66.5 Å². The summed E-state index contributed by atoms with van der Waals surface area (Å²) >= 11 is 4.44. The molecule has 3 rings (SSSR count). The summed E-state index contributed by atoms with van der Waals surface area (Å²) in [6.07, 6.45) is 1.29. The molecule has 26 heavy (non-hydrogen) atoms. The number of hydrogen-bond donors (Lipinski definition) is 1. The maximum absolute atomic E-state index is 12.9. The molecule has 5 nitrogen and oxygen atoms in total. The fourth-order valence-corrected chi connectivity index (χ4v) is 6.56. The molecule has 2 heterocycles. The number of benzene rings is 1. The molecule has 0 saturated carbocycles. The van der Waals surface area contributed by atoms with Crippen LogP contribution < -0.4 is 5.32 Å². The Morgan fingerprint density at radius 2 is 2.00 bits per heavy atom. The SMILES string of the molecule is O=C(NCc1ccc(F)cc1)[C@H]1CCCN(S(=O)(=O)c2ccc(Br)s2)C1. The number of carbonyl (C=O) groups is 1. The van der Waals surface area contributed by atoms with Crippen LogP contribution in [-0.4, -0.2) is 31.7 Å². The van der Waals surface area contributed by atoms with Crippen LogP contribution in [0.1, 0.15) is 18.4 Å². The minimum absolute atomic E-state index is 0.174. The Hall–Kier alpha value is -1.29. The van der Waals surface area contributed by atoms with Gasteiger partial charge in [0.2, 0.25) is 5.91 Å². The molecule has 2 aromatic rings. The van der Waals surface area contributed by atoms with Crippen molar-refractivity contribution in [3.05, 3.63) is 51.6 Å².